The molecule has 0 fully saturated rings. The molecule has 0 aliphatic heterocycles. The Morgan fingerprint density at radius 2 is 2.37 bits per heavy atom. The first-order chi connectivity index (χ1) is 9.20. The van der Waals surface area contributed by atoms with Crippen molar-refractivity contribution in [3.63, 3.8) is 0 Å². The Morgan fingerprint density at radius 3 is 3.05 bits per heavy atom. The quantitative estimate of drug-likeness (QED) is 0.784. The summed E-state index contributed by atoms with van der Waals surface area (Å²) in [6.07, 6.45) is 6.91. The topological polar surface area (TPSA) is 57.0 Å². The second-order valence-electron chi connectivity index (χ2n) is 4.02. The Morgan fingerprint density at radius 1 is 1.53 bits per heavy atom. The fourth-order valence-electron chi connectivity index (χ4n) is 1.61. The summed E-state index contributed by atoms with van der Waals surface area (Å²) in [5.74, 6) is 0.362. The van der Waals surface area contributed by atoms with Crippen LogP contribution in [0, 0.1) is 0 Å². The van der Waals surface area contributed by atoms with Crippen molar-refractivity contribution < 1.29 is 9.53 Å². The van der Waals surface area contributed by atoms with E-state index in [0.717, 1.165) is 11.4 Å². The van der Waals surface area contributed by atoms with Crippen molar-refractivity contribution in [2.75, 3.05) is 12.0 Å². The van der Waals surface area contributed by atoms with Gasteiger partial charge in [0, 0.05) is 24.3 Å². The Labute approximate surface area is 116 Å². The molecule has 0 saturated heterocycles. The van der Waals surface area contributed by atoms with E-state index in [1.54, 1.807) is 47.2 Å². The van der Waals surface area contributed by atoms with Crippen LogP contribution in [0.1, 0.15) is 17.4 Å². The molecule has 0 aromatic carbocycles. The number of rotatable bonds is 5. The van der Waals surface area contributed by atoms with Gasteiger partial charge < -0.3 is 4.74 Å². The first-order valence-corrected chi connectivity index (χ1v) is 7.26. The maximum atomic E-state index is 11.9. The number of aromatic nitrogens is 3. The van der Waals surface area contributed by atoms with Crippen molar-refractivity contribution in [3.8, 4) is 5.69 Å². The summed E-state index contributed by atoms with van der Waals surface area (Å²) in [6, 6.07) is 5.27. The van der Waals surface area contributed by atoms with Crippen molar-refractivity contribution in [2.24, 2.45) is 0 Å². The number of pyridine rings is 1. The summed E-state index contributed by atoms with van der Waals surface area (Å²) >= 11 is 1.64. The number of hydrogen-bond donors (Lipinski definition) is 0. The van der Waals surface area contributed by atoms with Gasteiger partial charge in [-0.25, -0.2) is 14.5 Å². The van der Waals surface area contributed by atoms with Crippen LogP contribution >= 0.6 is 11.8 Å². The Hall–Kier alpha value is -1.82. The van der Waals surface area contributed by atoms with Crippen LogP contribution < -0.4 is 0 Å². The normalized spacial score (nSPS) is 12.1. The molecule has 2 rings (SSSR count). The van der Waals surface area contributed by atoms with Gasteiger partial charge in [0.2, 0.25) is 0 Å². The maximum Gasteiger partial charge on any atom is 0.357 e. The van der Waals surface area contributed by atoms with E-state index in [-0.39, 0.29) is 6.10 Å². The number of ether oxygens (including phenoxy) is 1. The van der Waals surface area contributed by atoms with Crippen molar-refractivity contribution in [1.82, 2.24) is 14.8 Å². The lowest BCUT2D eigenvalue weighted by atomic mass is 10.3. The minimum absolute atomic E-state index is 0.127. The molecule has 0 N–H and O–H groups in total. The summed E-state index contributed by atoms with van der Waals surface area (Å²) in [4.78, 5) is 16.0. The van der Waals surface area contributed by atoms with Gasteiger partial charge in [-0.2, -0.15) is 16.9 Å². The number of carbonyl (C=O) groups is 1. The number of thioether (sulfide) groups is 1. The van der Waals surface area contributed by atoms with E-state index in [0.29, 0.717) is 5.69 Å². The molecule has 6 heteroatoms. The molecule has 19 heavy (non-hydrogen) atoms. The molecule has 1 atom stereocenters. The standard InChI is InChI=1S/C13H15N3O2S/c1-10(9-19-2)18-13(17)12-8-11(4-6-14-12)16-7-3-5-15-16/h3-8,10H,9H2,1-2H3/t10-/m1/s1. The molecule has 2 aromatic rings. The van der Waals surface area contributed by atoms with Crippen LogP contribution in [0.4, 0.5) is 0 Å². The van der Waals surface area contributed by atoms with Gasteiger partial charge in [-0.15, -0.1) is 0 Å². The van der Waals surface area contributed by atoms with Gasteiger partial charge in [-0.1, -0.05) is 0 Å². The van der Waals surface area contributed by atoms with Gasteiger partial charge >= 0.3 is 5.97 Å². The van der Waals surface area contributed by atoms with Gasteiger partial charge in [-0.05, 0) is 31.4 Å². The second-order valence-corrected chi connectivity index (χ2v) is 4.93. The molecule has 2 heterocycles. The van der Waals surface area contributed by atoms with E-state index >= 15 is 0 Å². The lowest BCUT2D eigenvalue weighted by Crippen LogP contribution is -2.18. The van der Waals surface area contributed by atoms with Crippen LogP contribution in [0.15, 0.2) is 36.8 Å². The second kappa shape index (κ2) is 6.38. The minimum Gasteiger partial charge on any atom is -0.457 e. The van der Waals surface area contributed by atoms with Crippen molar-refractivity contribution in [1.29, 1.82) is 0 Å². The van der Waals surface area contributed by atoms with E-state index in [9.17, 15) is 4.79 Å². The van der Waals surface area contributed by atoms with Gasteiger partial charge in [-0.3, -0.25) is 0 Å². The largest absolute Gasteiger partial charge is 0.457 e. The van der Waals surface area contributed by atoms with Gasteiger partial charge in [0.15, 0.2) is 5.69 Å². The highest BCUT2D eigenvalue weighted by atomic mass is 32.2. The Bertz CT molecular complexity index is 543. The van der Waals surface area contributed by atoms with Crippen molar-refractivity contribution >= 4 is 17.7 Å². The average Bonchev–Trinajstić information content (AvgIpc) is 2.93. The van der Waals surface area contributed by atoms with E-state index < -0.39 is 5.97 Å². The maximum absolute atomic E-state index is 11.9. The summed E-state index contributed by atoms with van der Waals surface area (Å²) in [7, 11) is 0. The minimum atomic E-state index is -0.407. The first kappa shape index (κ1) is 13.6. The molecule has 0 aliphatic rings. The summed E-state index contributed by atoms with van der Waals surface area (Å²) in [6.45, 7) is 1.87. The van der Waals surface area contributed by atoms with Crippen LogP contribution in [0.3, 0.4) is 0 Å². The lowest BCUT2D eigenvalue weighted by Gasteiger charge is -2.11. The van der Waals surface area contributed by atoms with Gasteiger partial charge in [0.25, 0.3) is 0 Å². The van der Waals surface area contributed by atoms with E-state index in [1.165, 1.54) is 0 Å². The molecule has 0 spiro atoms. The predicted octanol–water partition coefficient (Wildman–Crippen LogP) is 2.18. The molecule has 5 nitrogen and oxygen atoms in total. The fourth-order valence-corrected chi connectivity index (χ4v) is 2.14. The lowest BCUT2D eigenvalue weighted by molar-refractivity contribution is 0.0379. The van der Waals surface area contributed by atoms with Crippen LogP contribution in [0.25, 0.3) is 5.69 Å². The highest BCUT2D eigenvalue weighted by molar-refractivity contribution is 7.98. The number of carbonyl (C=O) groups excluding carboxylic acids is 1. The molecule has 0 bridgehead atoms. The number of hydrogen-bond acceptors (Lipinski definition) is 5. The smallest absolute Gasteiger partial charge is 0.357 e. The molecular formula is C13H15N3O2S. The van der Waals surface area contributed by atoms with E-state index in [1.807, 2.05) is 19.2 Å². The zero-order chi connectivity index (χ0) is 13.7. The third-order valence-corrected chi connectivity index (χ3v) is 3.23. The third kappa shape index (κ3) is 3.57. The fraction of sp³-hybridized carbons (Fsp3) is 0.308. The van der Waals surface area contributed by atoms with Crippen LogP contribution in [-0.4, -0.2) is 38.8 Å². The molecule has 2 aromatic heterocycles. The van der Waals surface area contributed by atoms with Crippen molar-refractivity contribution in [2.45, 2.75) is 13.0 Å². The summed E-state index contributed by atoms with van der Waals surface area (Å²) in [5.41, 5.74) is 1.07. The molecule has 0 amide bonds. The molecule has 100 valence electrons. The first-order valence-electron chi connectivity index (χ1n) is 5.86. The monoisotopic (exact) mass is 277 g/mol. The molecule has 0 saturated carbocycles. The van der Waals surface area contributed by atoms with E-state index in [2.05, 4.69) is 10.1 Å². The predicted molar refractivity (Wildman–Crippen MR) is 74.6 cm³/mol. The average molecular weight is 277 g/mol. The Kier molecular flexibility index (Phi) is 4.57. The molecule has 0 unspecified atom stereocenters. The number of esters is 1. The van der Waals surface area contributed by atoms with E-state index in [4.69, 9.17) is 4.74 Å². The van der Waals surface area contributed by atoms with Crippen LogP contribution in [0.5, 0.6) is 0 Å². The van der Waals surface area contributed by atoms with Crippen LogP contribution in [0.2, 0.25) is 0 Å². The third-order valence-electron chi connectivity index (χ3n) is 2.43. The summed E-state index contributed by atoms with van der Waals surface area (Å²) in [5, 5.41) is 4.11. The molecule has 0 aliphatic carbocycles. The summed E-state index contributed by atoms with van der Waals surface area (Å²) < 4.78 is 6.97. The number of nitrogens with zero attached hydrogens (tertiary/aromatic N) is 3. The Balaban J connectivity index is 2.12. The van der Waals surface area contributed by atoms with Gasteiger partial charge in [0.1, 0.15) is 6.10 Å². The molecule has 0 radical (unpaired) electrons. The zero-order valence-electron chi connectivity index (χ0n) is 10.8. The highest BCUT2D eigenvalue weighted by Gasteiger charge is 2.13. The zero-order valence-corrected chi connectivity index (χ0v) is 11.6. The highest BCUT2D eigenvalue weighted by Crippen LogP contribution is 2.10. The van der Waals surface area contributed by atoms with Crippen molar-refractivity contribution in [3.05, 3.63) is 42.5 Å². The van der Waals surface area contributed by atoms with Crippen LogP contribution in [-0.2, 0) is 4.74 Å². The SMILES string of the molecule is CSC[C@@H](C)OC(=O)c1cc(-n2cccn2)ccn1. The van der Waals surface area contributed by atoms with Gasteiger partial charge in [0.05, 0.1) is 5.69 Å². The molecular weight excluding hydrogens is 262 g/mol.